The molecule has 0 bridgehead atoms. The van der Waals surface area contributed by atoms with Gasteiger partial charge in [-0.15, -0.1) is 11.6 Å². The number of halogens is 1. The summed E-state index contributed by atoms with van der Waals surface area (Å²) in [6.45, 7) is 3.94. The number of methoxy groups -OCH3 is 1. The molecule has 0 aliphatic rings. The number of aromatic nitrogens is 1. The van der Waals surface area contributed by atoms with Crippen LogP contribution >= 0.6 is 11.6 Å². The maximum Gasteiger partial charge on any atom is 0.125 e. The molecular formula is C9H12ClNO. The Morgan fingerprint density at radius 1 is 1.50 bits per heavy atom. The summed E-state index contributed by atoms with van der Waals surface area (Å²) < 4.78 is 5.17. The first-order chi connectivity index (χ1) is 5.69. The molecule has 0 amide bonds. The molecule has 0 saturated heterocycles. The topological polar surface area (TPSA) is 22.1 Å². The molecular weight excluding hydrogens is 174 g/mol. The summed E-state index contributed by atoms with van der Waals surface area (Å²) in [5.41, 5.74) is 2.91. The van der Waals surface area contributed by atoms with Gasteiger partial charge in [0.2, 0.25) is 0 Å². The summed E-state index contributed by atoms with van der Waals surface area (Å²) in [7, 11) is 1.65. The Balaban J connectivity index is 3.19. The molecule has 0 fully saturated rings. The van der Waals surface area contributed by atoms with Crippen LogP contribution in [0.15, 0.2) is 6.07 Å². The molecule has 0 aliphatic carbocycles. The summed E-state index contributed by atoms with van der Waals surface area (Å²) in [4.78, 5) is 4.29. The molecule has 2 nitrogen and oxygen atoms in total. The largest absolute Gasteiger partial charge is 0.496 e. The molecule has 1 aromatic heterocycles. The molecule has 0 spiro atoms. The highest BCUT2D eigenvalue weighted by Gasteiger charge is 2.04. The lowest BCUT2D eigenvalue weighted by Gasteiger charge is -2.08. The average molecular weight is 186 g/mol. The van der Waals surface area contributed by atoms with Crippen molar-refractivity contribution in [2.45, 2.75) is 19.7 Å². The van der Waals surface area contributed by atoms with E-state index >= 15 is 0 Å². The van der Waals surface area contributed by atoms with E-state index in [0.29, 0.717) is 5.88 Å². The summed E-state index contributed by atoms with van der Waals surface area (Å²) >= 11 is 5.66. The fourth-order valence-corrected chi connectivity index (χ4v) is 1.19. The fraction of sp³-hybridized carbons (Fsp3) is 0.444. The number of rotatable bonds is 2. The van der Waals surface area contributed by atoms with Crippen LogP contribution in [0.3, 0.4) is 0 Å². The Morgan fingerprint density at radius 3 is 2.67 bits per heavy atom. The van der Waals surface area contributed by atoms with Crippen LogP contribution in [0.25, 0.3) is 0 Å². The molecule has 66 valence electrons. The highest BCUT2D eigenvalue weighted by Crippen LogP contribution is 2.21. The number of alkyl halides is 1. The van der Waals surface area contributed by atoms with E-state index in [1.807, 2.05) is 19.9 Å². The first kappa shape index (κ1) is 9.33. The summed E-state index contributed by atoms with van der Waals surface area (Å²) in [6, 6.07) is 1.87. The van der Waals surface area contributed by atoms with E-state index in [0.717, 1.165) is 22.7 Å². The first-order valence-corrected chi connectivity index (χ1v) is 4.29. The number of ether oxygens (including phenoxy) is 1. The smallest absolute Gasteiger partial charge is 0.125 e. The Morgan fingerprint density at radius 2 is 2.17 bits per heavy atom. The number of hydrogen-bond acceptors (Lipinski definition) is 2. The van der Waals surface area contributed by atoms with Crippen molar-refractivity contribution in [2.24, 2.45) is 0 Å². The van der Waals surface area contributed by atoms with Gasteiger partial charge >= 0.3 is 0 Å². The number of nitrogens with zero attached hydrogens (tertiary/aromatic N) is 1. The fourth-order valence-electron chi connectivity index (χ4n) is 1.05. The molecule has 0 saturated carbocycles. The summed E-state index contributed by atoms with van der Waals surface area (Å²) in [5, 5.41) is 0. The van der Waals surface area contributed by atoms with Gasteiger partial charge in [0.15, 0.2) is 0 Å². The second kappa shape index (κ2) is 3.76. The van der Waals surface area contributed by atoms with Crippen molar-refractivity contribution in [1.29, 1.82) is 0 Å². The van der Waals surface area contributed by atoms with Gasteiger partial charge in [-0.25, -0.2) is 0 Å². The minimum Gasteiger partial charge on any atom is -0.496 e. The molecule has 0 radical (unpaired) electrons. The average Bonchev–Trinajstić information content (AvgIpc) is 2.09. The van der Waals surface area contributed by atoms with E-state index in [1.54, 1.807) is 7.11 Å². The Hall–Kier alpha value is -0.760. The minimum atomic E-state index is 0.428. The molecule has 12 heavy (non-hydrogen) atoms. The van der Waals surface area contributed by atoms with Crippen LogP contribution in [0.2, 0.25) is 0 Å². The highest BCUT2D eigenvalue weighted by molar-refractivity contribution is 6.16. The van der Waals surface area contributed by atoms with Crippen LogP contribution in [0, 0.1) is 13.8 Å². The van der Waals surface area contributed by atoms with E-state index in [4.69, 9.17) is 16.3 Å². The molecule has 1 heterocycles. The monoisotopic (exact) mass is 185 g/mol. The predicted octanol–water partition coefficient (Wildman–Crippen LogP) is 2.45. The normalized spacial score (nSPS) is 10.0. The van der Waals surface area contributed by atoms with Gasteiger partial charge < -0.3 is 4.74 Å². The van der Waals surface area contributed by atoms with Crippen molar-refractivity contribution < 1.29 is 4.74 Å². The van der Waals surface area contributed by atoms with Crippen molar-refractivity contribution in [3.63, 3.8) is 0 Å². The number of hydrogen-bond donors (Lipinski definition) is 0. The molecule has 0 atom stereocenters. The third kappa shape index (κ3) is 1.69. The quantitative estimate of drug-likeness (QED) is 0.661. The minimum absolute atomic E-state index is 0.428. The molecule has 0 unspecified atom stereocenters. The van der Waals surface area contributed by atoms with Crippen LogP contribution in [-0.2, 0) is 5.88 Å². The lowest BCUT2D eigenvalue weighted by Crippen LogP contribution is -1.96. The molecule has 0 N–H and O–H groups in total. The van der Waals surface area contributed by atoms with E-state index in [-0.39, 0.29) is 0 Å². The highest BCUT2D eigenvalue weighted by atomic mass is 35.5. The van der Waals surface area contributed by atoms with Crippen molar-refractivity contribution in [3.8, 4) is 5.75 Å². The van der Waals surface area contributed by atoms with Crippen LogP contribution in [0.1, 0.15) is 17.0 Å². The molecule has 1 rings (SSSR count). The van der Waals surface area contributed by atoms with Gasteiger partial charge in [-0.3, -0.25) is 4.98 Å². The molecule has 0 aliphatic heterocycles. The van der Waals surface area contributed by atoms with Gasteiger partial charge in [-0.05, 0) is 13.8 Å². The Bertz CT molecular complexity index is 286. The predicted molar refractivity (Wildman–Crippen MR) is 49.8 cm³/mol. The van der Waals surface area contributed by atoms with Crippen LogP contribution in [0.5, 0.6) is 5.75 Å². The van der Waals surface area contributed by atoms with Gasteiger partial charge in [-0.1, -0.05) is 0 Å². The van der Waals surface area contributed by atoms with Crippen LogP contribution in [0.4, 0.5) is 0 Å². The maximum atomic E-state index is 5.66. The lowest BCUT2D eigenvalue weighted by molar-refractivity contribution is 0.410. The van der Waals surface area contributed by atoms with Crippen molar-refractivity contribution in [1.82, 2.24) is 4.98 Å². The SMILES string of the molecule is COc1cc(CCl)nc(C)c1C. The van der Waals surface area contributed by atoms with Gasteiger partial charge in [0.1, 0.15) is 5.75 Å². The van der Waals surface area contributed by atoms with Gasteiger partial charge in [-0.2, -0.15) is 0 Å². The van der Waals surface area contributed by atoms with E-state index in [1.165, 1.54) is 0 Å². The first-order valence-electron chi connectivity index (χ1n) is 3.76. The van der Waals surface area contributed by atoms with Crippen molar-refractivity contribution >= 4 is 11.6 Å². The van der Waals surface area contributed by atoms with E-state index in [2.05, 4.69) is 4.98 Å². The standard InChI is InChI=1S/C9H12ClNO/c1-6-7(2)11-8(5-10)4-9(6)12-3/h4H,5H2,1-3H3. The third-order valence-corrected chi connectivity index (χ3v) is 2.15. The van der Waals surface area contributed by atoms with Crippen molar-refractivity contribution in [2.75, 3.05) is 7.11 Å². The number of pyridine rings is 1. The summed E-state index contributed by atoms with van der Waals surface area (Å²) in [6.07, 6.45) is 0. The molecule has 0 aromatic carbocycles. The summed E-state index contributed by atoms with van der Waals surface area (Å²) in [5.74, 6) is 1.29. The van der Waals surface area contributed by atoms with Gasteiger partial charge in [0, 0.05) is 17.3 Å². The Labute approximate surface area is 77.5 Å². The second-order valence-corrected chi connectivity index (χ2v) is 2.93. The van der Waals surface area contributed by atoms with Crippen molar-refractivity contribution in [3.05, 3.63) is 23.0 Å². The molecule has 1 aromatic rings. The zero-order chi connectivity index (χ0) is 9.14. The maximum absolute atomic E-state index is 5.66. The molecule has 3 heteroatoms. The van der Waals surface area contributed by atoms with Crippen LogP contribution < -0.4 is 4.74 Å². The van der Waals surface area contributed by atoms with Gasteiger partial charge in [0.25, 0.3) is 0 Å². The zero-order valence-corrected chi connectivity index (χ0v) is 8.27. The van der Waals surface area contributed by atoms with Gasteiger partial charge in [0.05, 0.1) is 18.7 Å². The van der Waals surface area contributed by atoms with E-state index < -0.39 is 0 Å². The Kier molecular flexibility index (Phi) is 2.93. The van der Waals surface area contributed by atoms with Crippen LogP contribution in [-0.4, -0.2) is 12.1 Å². The van der Waals surface area contributed by atoms with E-state index in [9.17, 15) is 0 Å². The number of aryl methyl sites for hydroxylation is 1. The zero-order valence-electron chi connectivity index (χ0n) is 7.52. The third-order valence-electron chi connectivity index (χ3n) is 1.88. The lowest BCUT2D eigenvalue weighted by atomic mass is 10.2. The second-order valence-electron chi connectivity index (χ2n) is 2.66.